The Hall–Kier alpha value is -3.12. The number of nitrogen functional groups attached to an aromatic ring is 1. The topological polar surface area (TPSA) is 103 Å². The van der Waals surface area contributed by atoms with E-state index in [0.717, 1.165) is 23.7 Å². The van der Waals surface area contributed by atoms with Crippen molar-refractivity contribution in [3.63, 3.8) is 0 Å². The third kappa shape index (κ3) is 3.59. The summed E-state index contributed by atoms with van der Waals surface area (Å²) in [4.78, 5) is 3.81. The molecule has 0 bridgehead atoms. The first-order chi connectivity index (χ1) is 14.1. The molecule has 12 heteroatoms. The number of alkyl halides is 3. The molecule has 0 spiro atoms. The first kappa shape index (κ1) is 20.2. The van der Waals surface area contributed by atoms with Gasteiger partial charge in [-0.05, 0) is 24.3 Å². The molecule has 0 saturated carbocycles. The number of nitrogens with one attached hydrogen (secondary N) is 1. The molecule has 4 aromatic rings. The molecule has 0 aliphatic heterocycles. The molecule has 0 amide bonds. The van der Waals surface area contributed by atoms with Crippen LogP contribution in [0.1, 0.15) is 5.56 Å². The molecule has 30 heavy (non-hydrogen) atoms. The second-order valence-electron chi connectivity index (χ2n) is 6.48. The maximum atomic E-state index is 12.9. The first-order valence-electron chi connectivity index (χ1n) is 8.42. The number of rotatable bonds is 4. The van der Waals surface area contributed by atoms with Crippen LogP contribution in [-0.2, 0) is 23.2 Å². The van der Waals surface area contributed by atoms with Crippen molar-refractivity contribution in [2.24, 2.45) is 7.05 Å². The molecule has 3 N–H and O–H groups in total. The van der Waals surface area contributed by atoms with Crippen LogP contribution in [0, 0.1) is 0 Å². The lowest BCUT2D eigenvalue weighted by molar-refractivity contribution is -0.137. The van der Waals surface area contributed by atoms with Crippen molar-refractivity contribution in [3.8, 4) is 11.1 Å². The van der Waals surface area contributed by atoms with E-state index >= 15 is 0 Å². The van der Waals surface area contributed by atoms with Crippen LogP contribution in [0.15, 0.2) is 53.8 Å². The van der Waals surface area contributed by atoms with Gasteiger partial charge in [-0.2, -0.15) is 17.5 Å². The Morgan fingerprint density at radius 2 is 1.90 bits per heavy atom. The average Bonchev–Trinajstić information content (AvgIpc) is 3.28. The van der Waals surface area contributed by atoms with Crippen LogP contribution in [0.5, 0.6) is 0 Å². The Kier molecular flexibility index (Phi) is 4.70. The lowest BCUT2D eigenvalue weighted by Crippen LogP contribution is -2.12. The minimum absolute atomic E-state index is 0.0124. The van der Waals surface area contributed by atoms with E-state index in [2.05, 4.69) is 14.1 Å². The minimum atomic E-state index is -4.49. The lowest BCUT2D eigenvalue weighted by Gasteiger charge is -2.10. The number of halogens is 3. The Morgan fingerprint density at radius 3 is 2.53 bits per heavy atom. The molecule has 0 radical (unpaired) electrons. The fraction of sp³-hybridized carbons (Fsp3) is 0.111. The number of nitrogens with zero attached hydrogens (tertiary/aromatic N) is 3. The number of fused-ring (bicyclic) bond motifs is 1. The highest BCUT2D eigenvalue weighted by molar-refractivity contribution is 7.93. The van der Waals surface area contributed by atoms with Gasteiger partial charge in [0, 0.05) is 52.5 Å². The van der Waals surface area contributed by atoms with Crippen molar-refractivity contribution in [3.05, 3.63) is 54.5 Å². The number of hydrogen-bond acceptors (Lipinski definition) is 6. The molecule has 2 aromatic carbocycles. The zero-order valence-electron chi connectivity index (χ0n) is 15.3. The average molecular weight is 453 g/mol. The first-order valence-corrected chi connectivity index (χ1v) is 10.7. The SMILES string of the molecule is Cn1cc(-c2ccc(C(F)(F)F)cc2N)c2ccc(S(=O)(=O)Nc3ncns3)cc21. The van der Waals surface area contributed by atoms with Crippen LogP contribution < -0.4 is 10.5 Å². The van der Waals surface area contributed by atoms with Gasteiger partial charge in [-0.15, -0.1) is 0 Å². The van der Waals surface area contributed by atoms with Gasteiger partial charge < -0.3 is 10.3 Å². The second-order valence-corrected chi connectivity index (χ2v) is 8.95. The van der Waals surface area contributed by atoms with Gasteiger partial charge in [0.25, 0.3) is 10.0 Å². The van der Waals surface area contributed by atoms with Crippen molar-refractivity contribution < 1.29 is 21.6 Å². The van der Waals surface area contributed by atoms with E-state index in [1.54, 1.807) is 23.9 Å². The van der Waals surface area contributed by atoms with Crippen molar-refractivity contribution >= 4 is 43.3 Å². The zero-order chi connectivity index (χ0) is 21.7. The summed E-state index contributed by atoms with van der Waals surface area (Å²) in [5.74, 6) is 0. The number of aryl methyl sites for hydroxylation is 1. The lowest BCUT2D eigenvalue weighted by atomic mass is 10.0. The third-order valence-electron chi connectivity index (χ3n) is 4.52. The number of aromatic nitrogens is 3. The van der Waals surface area contributed by atoms with Crippen LogP contribution >= 0.6 is 11.5 Å². The highest BCUT2D eigenvalue weighted by Crippen LogP contribution is 2.38. The maximum Gasteiger partial charge on any atom is 0.416 e. The monoisotopic (exact) mass is 453 g/mol. The maximum absolute atomic E-state index is 12.9. The van der Waals surface area contributed by atoms with Crippen LogP contribution in [0.25, 0.3) is 22.0 Å². The molecule has 4 rings (SSSR count). The summed E-state index contributed by atoms with van der Waals surface area (Å²) in [7, 11) is -2.17. The Balaban J connectivity index is 1.78. The van der Waals surface area contributed by atoms with E-state index < -0.39 is 21.8 Å². The minimum Gasteiger partial charge on any atom is -0.398 e. The Bertz CT molecular complexity index is 1350. The molecule has 0 aliphatic carbocycles. The predicted molar refractivity (Wildman–Crippen MR) is 108 cm³/mol. The molecular weight excluding hydrogens is 439 g/mol. The number of hydrogen-bond donors (Lipinski definition) is 2. The van der Waals surface area contributed by atoms with Crippen molar-refractivity contribution in [2.45, 2.75) is 11.1 Å². The van der Waals surface area contributed by atoms with Crippen molar-refractivity contribution in [2.75, 3.05) is 10.5 Å². The second kappa shape index (κ2) is 6.99. The van der Waals surface area contributed by atoms with E-state index in [4.69, 9.17) is 5.73 Å². The smallest absolute Gasteiger partial charge is 0.398 e. The molecule has 0 atom stereocenters. The van der Waals surface area contributed by atoms with Gasteiger partial charge in [0.15, 0.2) is 0 Å². The van der Waals surface area contributed by atoms with Crippen molar-refractivity contribution in [1.82, 2.24) is 13.9 Å². The molecule has 0 unspecified atom stereocenters. The molecule has 0 saturated heterocycles. The van der Waals surface area contributed by atoms with E-state index in [-0.39, 0.29) is 15.7 Å². The van der Waals surface area contributed by atoms with E-state index in [1.165, 1.54) is 24.5 Å². The third-order valence-corrected chi connectivity index (χ3v) is 6.57. The van der Waals surface area contributed by atoms with Crippen molar-refractivity contribution in [1.29, 1.82) is 0 Å². The van der Waals surface area contributed by atoms with Gasteiger partial charge in [-0.3, -0.25) is 4.72 Å². The summed E-state index contributed by atoms with van der Waals surface area (Å²) in [5.41, 5.74) is 6.64. The Morgan fingerprint density at radius 1 is 1.13 bits per heavy atom. The summed E-state index contributed by atoms with van der Waals surface area (Å²) in [5, 5.41) is 0.791. The molecule has 2 aromatic heterocycles. The van der Waals surface area contributed by atoms with E-state index in [0.29, 0.717) is 22.0 Å². The molecule has 2 heterocycles. The highest BCUT2D eigenvalue weighted by atomic mass is 32.2. The van der Waals surface area contributed by atoms with Gasteiger partial charge in [0.2, 0.25) is 5.13 Å². The molecule has 0 aliphatic rings. The summed E-state index contributed by atoms with van der Waals surface area (Å²) < 4.78 is 71.8. The quantitative estimate of drug-likeness (QED) is 0.453. The standard InChI is InChI=1S/C18H14F3N5O2S2/c1-26-8-14(12-4-2-10(6-15(12)22)18(19,20)21)13-5-3-11(7-16(13)26)30(27,28)25-17-23-9-24-29-17/h2-9H,22H2,1H3,(H,23,24,25). The van der Waals surface area contributed by atoms with Crippen LogP contribution in [-0.4, -0.2) is 22.3 Å². The number of benzene rings is 2. The summed E-state index contributed by atoms with van der Waals surface area (Å²) in [6.45, 7) is 0. The molecule has 0 fully saturated rings. The Labute approximate surface area is 173 Å². The molecule has 156 valence electrons. The van der Waals surface area contributed by atoms with Gasteiger partial charge in [-0.25, -0.2) is 13.4 Å². The van der Waals surface area contributed by atoms with Crippen LogP contribution in [0.4, 0.5) is 24.0 Å². The normalized spacial score (nSPS) is 12.4. The largest absolute Gasteiger partial charge is 0.416 e. The summed E-state index contributed by atoms with van der Waals surface area (Å²) in [6.07, 6.45) is -1.56. The van der Waals surface area contributed by atoms with Gasteiger partial charge in [0.1, 0.15) is 6.33 Å². The summed E-state index contributed by atoms with van der Waals surface area (Å²) >= 11 is 0.906. The molecule has 7 nitrogen and oxygen atoms in total. The predicted octanol–water partition coefficient (Wildman–Crippen LogP) is 4.10. The van der Waals surface area contributed by atoms with E-state index in [1.807, 2.05) is 0 Å². The van der Waals surface area contributed by atoms with Gasteiger partial charge in [-0.1, -0.05) is 12.1 Å². The van der Waals surface area contributed by atoms with Gasteiger partial charge >= 0.3 is 6.18 Å². The fourth-order valence-electron chi connectivity index (χ4n) is 3.12. The highest BCUT2D eigenvalue weighted by Gasteiger charge is 2.31. The zero-order valence-corrected chi connectivity index (χ0v) is 16.9. The van der Waals surface area contributed by atoms with E-state index in [9.17, 15) is 21.6 Å². The number of anilines is 2. The van der Waals surface area contributed by atoms with Gasteiger partial charge in [0.05, 0.1) is 10.5 Å². The van der Waals surface area contributed by atoms with Crippen LogP contribution in [0.3, 0.4) is 0 Å². The summed E-state index contributed by atoms with van der Waals surface area (Å²) in [6, 6.07) is 7.65. The van der Waals surface area contributed by atoms with Crippen LogP contribution in [0.2, 0.25) is 0 Å². The number of nitrogens with two attached hydrogens (primary N) is 1. The molecular formula is C18H14F3N5O2S2. The number of sulfonamides is 1. The fourth-order valence-corrected chi connectivity index (χ4v) is 4.80.